The Kier molecular flexibility index (Phi) is 2.52. The third-order valence-electron chi connectivity index (χ3n) is 1.41. The Labute approximate surface area is 78.8 Å². The molecule has 0 fully saturated rings. The fraction of sp³-hybridized carbons (Fsp3) is 0. The predicted octanol–water partition coefficient (Wildman–Crippen LogP) is 0.205. The lowest BCUT2D eigenvalue weighted by Gasteiger charge is -1.97. The van der Waals surface area contributed by atoms with Crippen LogP contribution < -0.4 is 11.5 Å². The van der Waals surface area contributed by atoms with E-state index in [0.717, 1.165) is 12.1 Å². The molecule has 0 amide bonds. The Morgan fingerprint density at radius 2 is 2.14 bits per heavy atom. The van der Waals surface area contributed by atoms with Crippen molar-refractivity contribution in [1.82, 2.24) is 0 Å². The zero-order valence-electron chi connectivity index (χ0n) is 7.04. The summed E-state index contributed by atoms with van der Waals surface area (Å²) in [4.78, 5) is 13.3. The van der Waals surface area contributed by atoms with Crippen LogP contribution >= 0.6 is 0 Å². The minimum Gasteiger partial charge on any atom is -0.502 e. The molecule has 74 valence electrons. The van der Waals surface area contributed by atoms with Crippen LogP contribution in [0.25, 0.3) is 0 Å². The van der Waals surface area contributed by atoms with E-state index in [9.17, 15) is 10.1 Å². The number of nitro groups is 1. The fourth-order valence-electron chi connectivity index (χ4n) is 0.877. The lowest BCUT2D eigenvalue weighted by molar-refractivity contribution is -0.385. The van der Waals surface area contributed by atoms with Gasteiger partial charge in [-0.3, -0.25) is 10.1 Å². The Morgan fingerprint density at radius 3 is 2.64 bits per heavy atom. The van der Waals surface area contributed by atoms with Crippen molar-refractivity contribution >= 4 is 17.3 Å². The third-order valence-corrected chi connectivity index (χ3v) is 1.41. The van der Waals surface area contributed by atoms with E-state index in [2.05, 4.69) is 4.99 Å². The highest BCUT2D eigenvalue weighted by molar-refractivity contribution is 5.79. The standard InChI is InChI=1S/C7H8N4O3/c8-7(9)10-4-1-2-6(12)5(3-4)11(13)14/h1-3,12H,(H4,8,9,10). The average Bonchev–Trinajstić information content (AvgIpc) is 2.07. The second-order valence-corrected chi connectivity index (χ2v) is 2.47. The quantitative estimate of drug-likeness (QED) is 0.269. The van der Waals surface area contributed by atoms with Crippen molar-refractivity contribution in [1.29, 1.82) is 0 Å². The second kappa shape index (κ2) is 3.60. The van der Waals surface area contributed by atoms with Crippen molar-refractivity contribution in [3.63, 3.8) is 0 Å². The van der Waals surface area contributed by atoms with Crippen LogP contribution in [-0.2, 0) is 0 Å². The van der Waals surface area contributed by atoms with E-state index in [0.29, 0.717) is 0 Å². The number of aromatic hydroxyl groups is 1. The topological polar surface area (TPSA) is 128 Å². The number of rotatable bonds is 2. The van der Waals surface area contributed by atoms with Crippen LogP contribution in [0.5, 0.6) is 5.75 Å². The van der Waals surface area contributed by atoms with Crippen molar-refractivity contribution in [2.75, 3.05) is 0 Å². The summed E-state index contributed by atoms with van der Waals surface area (Å²) in [5, 5.41) is 19.5. The van der Waals surface area contributed by atoms with Crippen LogP contribution in [0.3, 0.4) is 0 Å². The van der Waals surface area contributed by atoms with E-state index < -0.39 is 16.4 Å². The van der Waals surface area contributed by atoms with Crippen molar-refractivity contribution in [2.45, 2.75) is 0 Å². The normalized spacial score (nSPS) is 9.43. The number of hydrogen-bond donors (Lipinski definition) is 3. The fourth-order valence-corrected chi connectivity index (χ4v) is 0.877. The number of nitro benzene ring substituents is 1. The molecule has 7 heteroatoms. The van der Waals surface area contributed by atoms with Gasteiger partial charge in [0.15, 0.2) is 11.7 Å². The van der Waals surface area contributed by atoms with Crippen molar-refractivity contribution in [3.8, 4) is 5.75 Å². The van der Waals surface area contributed by atoms with E-state index in [4.69, 9.17) is 16.6 Å². The van der Waals surface area contributed by atoms with Crippen molar-refractivity contribution < 1.29 is 10.0 Å². The van der Waals surface area contributed by atoms with Crippen LogP contribution in [0, 0.1) is 10.1 Å². The molecule has 0 aliphatic carbocycles. The number of phenolic OH excluding ortho intramolecular Hbond substituents is 1. The molecule has 7 nitrogen and oxygen atoms in total. The maximum atomic E-state index is 10.4. The first-order valence-electron chi connectivity index (χ1n) is 3.57. The first-order chi connectivity index (χ1) is 6.50. The smallest absolute Gasteiger partial charge is 0.312 e. The van der Waals surface area contributed by atoms with E-state index in [1.165, 1.54) is 6.07 Å². The van der Waals surface area contributed by atoms with Gasteiger partial charge in [-0.25, -0.2) is 4.99 Å². The number of nitrogens with zero attached hydrogens (tertiary/aromatic N) is 2. The van der Waals surface area contributed by atoms with Crippen LogP contribution in [0.15, 0.2) is 23.2 Å². The number of benzene rings is 1. The lowest BCUT2D eigenvalue weighted by atomic mass is 10.2. The monoisotopic (exact) mass is 196 g/mol. The summed E-state index contributed by atoms with van der Waals surface area (Å²) in [7, 11) is 0. The molecule has 0 saturated heterocycles. The summed E-state index contributed by atoms with van der Waals surface area (Å²) in [6, 6.07) is 3.59. The molecule has 0 spiro atoms. The molecule has 0 aromatic heterocycles. The molecule has 5 N–H and O–H groups in total. The van der Waals surface area contributed by atoms with Crippen molar-refractivity contribution in [2.24, 2.45) is 16.5 Å². The average molecular weight is 196 g/mol. The minimum atomic E-state index is -0.721. The van der Waals surface area contributed by atoms with Gasteiger partial charge in [-0.05, 0) is 12.1 Å². The van der Waals surface area contributed by atoms with Gasteiger partial charge in [0.2, 0.25) is 0 Å². The van der Waals surface area contributed by atoms with Gasteiger partial charge in [-0.1, -0.05) is 0 Å². The molecule has 0 atom stereocenters. The summed E-state index contributed by atoms with van der Waals surface area (Å²) in [5.41, 5.74) is 9.95. The largest absolute Gasteiger partial charge is 0.502 e. The highest BCUT2D eigenvalue weighted by atomic mass is 16.6. The van der Waals surface area contributed by atoms with Crippen LogP contribution in [0.2, 0.25) is 0 Å². The Morgan fingerprint density at radius 1 is 1.50 bits per heavy atom. The molecule has 0 saturated carbocycles. The Bertz CT molecular complexity index is 398. The van der Waals surface area contributed by atoms with E-state index in [-0.39, 0.29) is 11.6 Å². The number of guanidine groups is 1. The molecule has 0 aliphatic rings. The maximum absolute atomic E-state index is 10.4. The predicted molar refractivity (Wildman–Crippen MR) is 50.2 cm³/mol. The summed E-state index contributed by atoms with van der Waals surface area (Å²) >= 11 is 0. The number of aliphatic imine (C=N–C) groups is 1. The Balaban J connectivity index is 3.20. The lowest BCUT2D eigenvalue weighted by Crippen LogP contribution is -2.21. The zero-order chi connectivity index (χ0) is 10.7. The summed E-state index contributed by atoms with van der Waals surface area (Å²) < 4.78 is 0. The SMILES string of the molecule is NC(N)=Nc1ccc(O)c([N+](=O)[O-])c1. The highest BCUT2D eigenvalue weighted by Crippen LogP contribution is 2.29. The first-order valence-corrected chi connectivity index (χ1v) is 3.57. The molecule has 0 radical (unpaired) electrons. The molecule has 0 aliphatic heterocycles. The van der Waals surface area contributed by atoms with Gasteiger partial charge in [-0.15, -0.1) is 0 Å². The molecular weight excluding hydrogens is 188 g/mol. The van der Waals surface area contributed by atoms with Gasteiger partial charge in [0.25, 0.3) is 0 Å². The third kappa shape index (κ3) is 2.09. The Hall–Kier alpha value is -2.31. The van der Waals surface area contributed by atoms with Crippen LogP contribution in [0.4, 0.5) is 11.4 Å². The van der Waals surface area contributed by atoms with Gasteiger partial charge < -0.3 is 16.6 Å². The highest BCUT2D eigenvalue weighted by Gasteiger charge is 2.13. The summed E-state index contributed by atoms with van der Waals surface area (Å²) in [5.74, 6) is -0.630. The van der Waals surface area contributed by atoms with E-state index in [1.54, 1.807) is 0 Å². The van der Waals surface area contributed by atoms with Gasteiger partial charge >= 0.3 is 5.69 Å². The number of hydrogen-bond acceptors (Lipinski definition) is 4. The number of nitrogens with two attached hydrogens (primary N) is 2. The van der Waals surface area contributed by atoms with Gasteiger partial charge in [0, 0.05) is 6.07 Å². The van der Waals surface area contributed by atoms with Crippen LogP contribution in [-0.4, -0.2) is 16.0 Å². The maximum Gasteiger partial charge on any atom is 0.312 e. The second-order valence-electron chi connectivity index (χ2n) is 2.47. The van der Waals surface area contributed by atoms with E-state index >= 15 is 0 Å². The molecule has 1 aromatic carbocycles. The van der Waals surface area contributed by atoms with Gasteiger partial charge in [0.05, 0.1) is 10.6 Å². The molecule has 1 aromatic rings. The molecule has 0 unspecified atom stereocenters. The summed E-state index contributed by atoms with van der Waals surface area (Å²) in [6.45, 7) is 0. The van der Waals surface area contributed by atoms with Crippen molar-refractivity contribution in [3.05, 3.63) is 28.3 Å². The first kappa shape index (κ1) is 9.78. The molecule has 14 heavy (non-hydrogen) atoms. The molecule has 1 rings (SSSR count). The van der Waals surface area contributed by atoms with E-state index in [1.807, 2.05) is 0 Å². The zero-order valence-corrected chi connectivity index (χ0v) is 7.04. The molecule has 0 heterocycles. The number of phenols is 1. The minimum absolute atomic E-state index is 0.204. The summed E-state index contributed by atoms with van der Waals surface area (Å²) in [6.07, 6.45) is 0. The molecule has 0 bridgehead atoms. The van der Waals surface area contributed by atoms with Crippen LogP contribution in [0.1, 0.15) is 0 Å². The van der Waals surface area contributed by atoms with Gasteiger partial charge in [-0.2, -0.15) is 0 Å². The molecular formula is C7H8N4O3. The van der Waals surface area contributed by atoms with Gasteiger partial charge in [0.1, 0.15) is 0 Å².